The second-order valence-electron chi connectivity index (χ2n) is 3.64. The molecule has 1 aromatic carbocycles. The zero-order chi connectivity index (χ0) is 13.0. The van der Waals surface area contributed by atoms with Crippen molar-refractivity contribution in [1.82, 2.24) is 5.32 Å². The molecule has 6 heteroatoms. The number of nitrogens with zero attached hydrogens (tertiary/aromatic N) is 1. The summed E-state index contributed by atoms with van der Waals surface area (Å²) in [5.74, 6) is -0.664. The second-order valence-corrected chi connectivity index (χ2v) is 3.64. The fourth-order valence-corrected chi connectivity index (χ4v) is 1.27. The summed E-state index contributed by atoms with van der Waals surface area (Å²) in [6, 6.07) is 4.03. The average Bonchev–Trinajstić information content (AvgIpc) is 2.26. The van der Waals surface area contributed by atoms with Gasteiger partial charge in [-0.05, 0) is 19.4 Å². The Kier molecular flexibility index (Phi) is 3.92. The highest BCUT2D eigenvalue weighted by atomic mass is 16.6. The van der Waals surface area contributed by atoms with Crippen molar-refractivity contribution in [1.29, 1.82) is 0 Å². The number of nitrogens with one attached hydrogen (secondary N) is 1. The van der Waals surface area contributed by atoms with Crippen molar-refractivity contribution < 1.29 is 14.5 Å². The van der Waals surface area contributed by atoms with Crippen LogP contribution in [0.25, 0.3) is 0 Å². The predicted octanol–water partition coefficient (Wildman–Crippen LogP) is 1.22. The molecule has 1 N–H and O–H groups in total. The molecule has 0 aliphatic heterocycles. The molecule has 1 rings (SSSR count). The summed E-state index contributed by atoms with van der Waals surface area (Å²) in [5.41, 5.74) is 0.681. The van der Waals surface area contributed by atoms with Crippen molar-refractivity contribution in [2.45, 2.75) is 13.8 Å². The lowest BCUT2D eigenvalue weighted by Gasteiger charge is -2.05. The Morgan fingerprint density at radius 2 is 2.06 bits per heavy atom. The third-order valence-electron chi connectivity index (χ3n) is 2.17. The molecule has 17 heavy (non-hydrogen) atoms. The van der Waals surface area contributed by atoms with E-state index in [2.05, 4.69) is 5.32 Å². The first-order valence-electron chi connectivity index (χ1n) is 4.94. The van der Waals surface area contributed by atoms with Gasteiger partial charge in [0.05, 0.1) is 11.5 Å². The van der Waals surface area contributed by atoms with Crippen LogP contribution in [-0.2, 0) is 4.79 Å². The monoisotopic (exact) mass is 236 g/mol. The van der Waals surface area contributed by atoms with E-state index in [-0.39, 0.29) is 23.6 Å². The van der Waals surface area contributed by atoms with Crippen LogP contribution in [0.3, 0.4) is 0 Å². The number of aryl methyl sites for hydroxylation is 1. The Bertz CT molecular complexity index is 482. The summed E-state index contributed by atoms with van der Waals surface area (Å²) in [4.78, 5) is 32.4. The number of non-ortho nitro benzene ring substituents is 1. The Balaban J connectivity index is 2.95. The number of carbonyl (C=O) groups excluding carboxylic acids is 2. The normalized spacial score (nSPS) is 9.76. The van der Waals surface area contributed by atoms with E-state index in [4.69, 9.17) is 0 Å². The summed E-state index contributed by atoms with van der Waals surface area (Å²) < 4.78 is 0. The highest BCUT2D eigenvalue weighted by molar-refractivity contribution is 5.98. The number of Topliss-reactive ketones (excluding diaryl/α,β-unsaturated/α-hetero) is 1. The molecule has 0 aromatic heterocycles. The van der Waals surface area contributed by atoms with Crippen LogP contribution in [0.4, 0.5) is 5.69 Å². The summed E-state index contributed by atoms with van der Waals surface area (Å²) >= 11 is 0. The van der Waals surface area contributed by atoms with Crippen LogP contribution in [0.1, 0.15) is 22.8 Å². The molecule has 6 nitrogen and oxygen atoms in total. The zero-order valence-corrected chi connectivity index (χ0v) is 9.52. The van der Waals surface area contributed by atoms with Crippen molar-refractivity contribution in [3.05, 3.63) is 39.4 Å². The summed E-state index contributed by atoms with van der Waals surface area (Å²) in [6.45, 7) is 2.94. The molecule has 0 bridgehead atoms. The molecule has 1 aromatic rings. The van der Waals surface area contributed by atoms with Gasteiger partial charge in [0.25, 0.3) is 11.6 Å². The molecular formula is C11H12N2O4. The molecule has 0 atom stereocenters. The largest absolute Gasteiger partial charge is 0.345 e. The van der Waals surface area contributed by atoms with Gasteiger partial charge in [-0.15, -0.1) is 0 Å². The van der Waals surface area contributed by atoms with Crippen LogP contribution >= 0.6 is 0 Å². The smallest absolute Gasteiger partial charge is 0.270 e. The molecule has 0 radical (unpaired) electrons. The van der Waals surface area contributed by atoms with Crippen molar-refractivity contribution in [2.75, 3.05) is 6.54 Å². The number of ketones is 1. The van der Waals surface area contributed by atoms with E-state index in [1.807, 2.05) is 0 Å². The van der Waals surface area contributed by atoms with E-state index >= 15 is 0 Å². The van der Waals surface area contributed by atoms with E-state index < -0.39 is 10.8 Å². The molecule has 0 saturated heterocycles. The molecule has 90 valence electrons. The number of rotatable bonds is 4. The van der Waals surface area contributed by atoms with Gasteiger partial charge in [0.15, 0.2) is 0 Å². The van der Waals surface area contributed by atoms with Crippen LogP contribution in [0.5, 0.6) is 0 Å². The number of hydrogen-bond donors (Lipinski definition) is 1. The Hall–Kier alpha value is -2.24. The number of nitro benzene ring substituents is 1. The third-order valence-corrected chi connectivity index (χ3v) is 2.17. The molecule has 0 saturated carbocycles. The van der Waals surface area contributed by atoms with Gasteiger partial charge in [-0.3, -0.25) is 19.7 Å². The van der Waals surface area contributed by atoms with Gasteiger partial charge in [0.1, 0.15) is 5.78 Å². The number of carbonyl (C=O) groups is 2. The first-order valence-corrected chi connectivity index (χ1v) is 4.94. The number of hydrogen-bond acceptors (Lipinski definition) is 4. The van der Waals surface area contributed by atoms with E-state index in [1.54, 1.807) is 6.92 Å². The second kappa shape index (κ2) is 5.20. The minimum atomic E-state index is -0.568. The van der Waals surface area contributed by atoms with Crippen LogP contribution in [0.15, 0.2) is 18.2 Å². The minimum absolute atomic E-state index is 0.0824. The van der Waals surface area contributed by atoms with E-state index in [0.717, 1.165) is 0 Å². The maximum Gasteiger partial charge on any atom is 0.270 e. The fourth-order valence-electron chi connectivity index (χ4n) is 1.27. The maximum atomic E-state index is 11.7. The summed E-state index contributed by atoms with van der Waals surface area (Å²) in [5, 5.41) is 13.0. The maximum absolute atomic E-state index is 11.7. The van der Waals surface area contributed by atoms with Gasteiger partial charge in [-0.2, -0.15) is 0 Å². The molecule has 0 aliphatic rings. The Morgan fingerprint density at radius 1 is 1.41 bits per heavy atom. The molecule has 0 fully saturated rings. The van der Waals surface area contributed by atoms with Crippen molar-refractivity contribution in [2.24, 2.45) is 0 Å². The van der Waals surface area contributed by atoms with Gasteiger partial charge in [0, 0.05) is 17.7 Å². The van der Waals surface area contributed by atoms with Crippen molar-refractivity contribution in [3.8, 4) is 0 Å². The van der Waals surface area contributed by atoms with Gasteiger partial charge in [0.2, 0.25) is 0 Å². The van der Waals surface area contributed by atoms with E-state index in [1.165, 1.54) is 25.1 Å². The fraction of sp³-hybridized carbons (Fsp3) is 0.273. The van der Waals surface area contributed by atoms with E-state index in [0.29, 0.717) is 5.56 Å². The third kappa shape index (κ3) is 3.37. The van der Waals surface area contributed by atoms with Gasteiger partial charge in [-0.1, -0.05) is 6.07 Å². The van der Waals surface area contributed by atoms with Crippen LogP contribution in [0, 0.1) is 17.0 Å². The Labute approximate surface area is 97.8 Å². The number of benzene rings is 1. The lowest BCUT2D eigenvalue weighted by molar-refractivity contribution is -0.384. The molecule has 0 spiro atoms. The zero-order valence-electron chi connectivity index (χ0n) is 9.52. The molecule has 0 unspecified atom stereocenters. The number of amides is 1. The van der Waals surface area contributed by atoms with Gasteiger partial charge < -0.3 is 5.32 Å². The summed E-state index contributed by atoms with van der Waals surface area (Å²) in [7, 11) is 0. The molecule has 0 aliphatic carbocycles. The first-order chi connectivity index (χ1) is 7.91. The molecule has 1 amide bonds. The van der Waals surface area contributed by atoms with Crippen LogP contribution in [-0.4, -0.2) is 23.2 Å². The molecule has 0 heterocycles. The molecular weight excluding hydrogens is 224 g/mol. The number of nitro groups is 1. The highest BCUT2D eigenvalue weighted by Gasteiger charge is 2.14. The average molecular weight is 236 g/mol. The Morgan fingerprint density at radius 3 is 2.59 bits per heavy atom. The minimum Gasteiger partial charge on any atom is -0.345 e. The van der Waals surface area contributed by atoms with Crippen molar-refractivity contribution >= 4 is 17.4 Å². The van der Waals surface area contributed by atoms with Crippen LogP contribution in [0.2, 0.25) is 0 Å². The SMILES string of the molecule is CC(=O)CNC(=O)c1cc([N+](=O)[O-])ccc1C. The van der Waals surface area contributed by atoms with Gasteiger partial charge in [-0.25, -0.2) is 0 Å². The van der Waals surface area contributed by atoms with E-state index in [9.17, 15) is 19.7 Å². The van der Waals surface area contributed by atoms with Crippen LogP contribution < -0.4 is 5.32 Å². The van der Waals surface area contributed by atoms with Crippen molar-refractivity contribution in [3.63, 3.8) is 0 Å². The highest BCUT2D eigenvalue weighted by Crippen LogP contribution is 2.17. The lowest BCUT2D eigenvalue weighted by Crippen LogP contribution is -2.28. The lowest BCUT2D eigenvalue weighted by atomic mass is 10.1. The standard InChI is InChI=1S/C11H12N2O4/c1-7-3-4-9(13(16)17)5-10(7)11(15)12-6-8(2)14/h3-5H,6H2,1-2H3,(H,12,15). The summed E-state index contributed by atoms with van der Waals surface area (Å²) in [6.07, 6.45) is 0. The predicted molar refractivity (Wildman–Crippen MR) is 60.8 cm³/mol. The first kappa shape index (κ1) is 12.8. The van der Waals surface area contributed by atoms with Gasteiger partial charge >= 0.3 is 0 Å². The topological polar surface area (TPSA) is 89.3 Å². The quantitative estimate of drug-likeness (QED) is 0.628.